The molecule has 0 fully saturated rings. The summed E-state index contributed by atoms with van der Waals surface area (Å²) in [6.45, 7) is 7.96. The summed E-state index contributed by atoms with van der Waals surface area (Å²) < 4.78 is 5.71. The maximum atomic E-state index is 12.0. The second kappa shape index (κ2) is 10.9. The quantitative estimate of drug-likeness (QED) is 0.388. The summed E-state index contributed by atoms with van der Waals surface area (Å²) in [5.41, 5.74) is 6.54. The Morgan fingerprint density at radius 3 is 2.61 bits per heavy atom. The Labute approximate surface area is 167 Å². The molecule has 0 spiro atoms. The highest BCUT2D eigenvalue weighted by Gasteiger charge is 2.10. The van der Waals surface area contributed by atoms with Crippen molar-refractivity contribution in [3.8, 4) is 5.75 Å². The number of hydrogen-bond donors (Lipinski definition) is 1. The van der Waals surface area contributed by atoms with E-state index in [2.05, 4.69) is 30.4 Å². The van der Waals surface area contributed by atoms with Gasteiger partial charge in [-0.15, -0.1) is 0 Å². The Morgan fingerprint density at radius 2 is 1.89 bits per heavy atom. The second-order valence-corrected chi connectivity index (χ2v) is 6.90. The number of allylic oxidation sites excluding steroid dienone is 3. The molecule has 2 aromatic carbocycles. The van der Waals surface area contributed by atoms with Crippen LogP contribution in [0.25, 0.3) is 6.08 Å². The number of hydrazone groups is 1. The average Bonchev–Trinajstić information content (AvgIpc) is 2.68. The fourth-order valence-electron chi connectivity index (χ4n) is 2.53. The van der Waals surface area contributed by atoms with Gasteiger partial charge in [0.25, 0.3) is 5.91 Å². The van der Waals surface area contributed by atoms with Gasteiger partial charge in [0.2, 0.25) is 0 Å². The summed E-state index contributed by atoms with van der Waals surface area (Å²) in [7, 11) is 0. The van der Waals surface area contributed by atoms with E-state index in [4.69, 9.17) is 4.74 Å². The Balaban J connectivity index is 1.83. The van der Waals surface area contributed by atoms with E-state index < -0.39 is 0 Å². The molecule has 0 atom stereocenters. The Hall–Kier alpha value is -3.14. The van der Waals surface area contributed by atoms with Crippen LogP contribution in [0.2, 0.25) is 0 Å². The molecule has 0 unspecified atom stereocenters. The molecule has 1 amide bonds. The zero-order valence-corrected chi connectivity index (χ0v) is 17.0. The summed E-state index contributed by atoms with van der Waals surface area (Å²) in [4.78, 5) is 12.0. The first-order valence-electron chi connectivity index (χ1n) is 9.42. The van der Waals surface area contributed by atoms with Crippen molar-refractivity contribution in [1.82, 2.24) is 5.43 Å². The molecule has 4 nitrogen and oxygen atoms in total. The predicted octanol–water partition coefficient (Wildman–Crippen LogP) is 5.26. The van der Waals surface area contributed by atoms with Gasteiger partial charge in [-0.1, -0.05) is 74.5 Å². The first-order chi connectivity index (χ1) is 13.5. The Kier molecular flexibility index (Phi) is 8.22. The van der Waals surface area contributed by atoms with Crippen molar-refractivity contribution in [3.05, 3.63) is 83.4 Å². The minimum absolute atomic E-state index is 0.0718. The molecule has 0 heterocycles. The molecule has 146 valence electrons. The second-order valence-electron chi connectivity index (χ2n) is 6.90. The zero-order valence-electron chi connectivity index (χ0n) is 17.0. The van der Waals surface area contributed by atoms with E-state index in [0.717, 1.165) is 22.4 Å². The van der Waals surface area contributed by atoms with Crippen molar-refractivity contribution in [3.63, 3.8) is 0 Å². The fourth-order valence-corrected chi connectivity index (χ4v) is 2.53. The molecular weight excluding hydrogens is 348 g/mol. The molecule has 2 aromatic rings. The van der Waals surface area contributed by atoms with Gasteiger partial charge in [0.05, 0.1) is 5.71 Å². The van der Waals surface area contributed by atoms with Crippen LogP contribution in [-0.4, -0.2) is 18.2 Å². The van der Waals surface area contributed by atoms with Gasteiger partial charge in [0, 0.05) is 0 Å². The highest BCUT2D eigenvalue weighted by molar-refractivity contribution is 5.94. The van der Waals surface area contributed by atoms with Gasteiger partial charge in [0.1, 0.15) is 5.75 Å². The van der Waals surface area contributed by atoms with E-state index in [1.807, 2.05) is 80.6 Å². The summed E-state index contributed by atoms with van der Waals surface area (Å²) in [6.07, 6.45) is 7.66. The predicted molar refractivity (Wildman–Crippen MR) is 117 cm³/mol. The number of ether oxygens (including phenoxy) is 1. The number of benzene rings is 2. The summed E-state index contributed by atoms with van der Waals surface area (Å²) >= 11 is 0. The SMILES string of the molecule is CC(/C=C/C=C/c1ccccc1)=N/NC(=O)COc1cc(C)ccc1C(C)C. The Bertz CT molecular complexity index is 865. The lowest BCUT2D eigenvalue weighted by Gasteiger charge is -2.14. The van der Waals surface area contributed by atoms with Crippen LogP contribution in [0.4, 0.5) is 0 Å². The lowest BCUT2D eigenvalue weighted by molar-refractivity contribution is -0.123. The van der Waals surface area contributed by atoms with Crippen LogP contribution in [0.3, 0.4) is 0 Å². The minimum Gasteiger partial charge on any atom is -0.483 e. The van der Waals surface area contributed by atoms with Gasteiger partial charge < -0.3 is 4.74 Å². The van der Waals surface area contributed by atoms with E-state index in [1.165, 1.54) is 0 Å². The molecule has 0 aliphatic heterocycles. The van der Waals surface area contributed by atoms with E-state index in [0.29, 0.717) is 11.6 Å². The van der Waals surface area contributed by atoms with Crippen LogP contribution in [0, 0.1) is 6.92 Å². The number of carbonyl (C=O) groups is 1. The van der Waals surface area contributed by atoms with E-state index in [9.17, 15) is 4.79 Å². The fraction of sp³-hybridized carbons (Fsp3) is 0.250. The van der Waals surface area contributed by atoms with Crippen LogP contribution < -0.4 is 10.2 Å². The normalized spacial score (nSPS) is 12.1. The lowest BCUT2D eigenvalue weighted by atomic mass is 10.0. The van der Waals surface area contributed by atoms with Crippen molar-refractivity contribution >= 4 is 17.7 Å². The minimum atomic E-state index is -0.288. The highest BCUT2D eigenvalue weighted by Crippen LogP contribution is 2.27. The molecule has 0 radical (unpaired) electrons. The van der Waals surface area contributed by atoms with Gasteiger partial charge in [0.15, 0.2) is 6.61 Å². The molecule has 0 saturated carbocycles. The first kappa shape index (κ1) is 21.2. The summed E-state index contributed by atoms with van der Waals surface area (Å²) in [5.74, 6) is 0.786. The van der Waals surface area contributed by atoms with E-state index in [-0.39, 0.29) is 12.5 Å². The van der Waals surface area contributed by atoms with Crippen LogP contribution >= 0.6 is 0 Å². The topological polar surface area (TPSA) is 50.7 Å². The third-order valence-corrected chi connectivity index (χ3v) is 4.04. The zero-order chi connectivity index (χ0) is 20.4. The molecule has 0 aliphatic rings. The maximum Gasteiger partial charge on any atom is 0.277 e. The van der Waals surface area contributed by atoms with Crippen LogP contribution in [0.5, 0.6) is 5.75 Å². The van der Waals surface area contributed by atoms with Gasteiger partial charge in [-0.25, -0.2) is 5.43 Å². The standard InChI is InChI=1S/C24H28N2O2/c1-18(2)22-15-14-19(3)16-23(22)28-17-24(27)26-25-20(4)10-8-9-13-21-11-6-5-7-12-21/h5-16,18H,17H2,1-4H3,(H,26,27)/b10-8+,13-9+,25-20-. The smallest absolute Gasteiger partial charge is 0.277 e. The van der Waals surface area contributed by atoms with Crippen LogP contribution in [0.15, 0.2) is 71.9 Å². The number of nitrogens with zero attached hydrogens (tertiary/aromatic N) is 1. The molecule has 2 rings (SSSR count). The molecule has 1 N–H and O–H groups in total. The van der Waals surface area contributed by atoms with Crippen LogP contribution in [-0.2, 0) is 4.79 Å². The van der Waals surface area contributed by atoms with Crippen molar-refractivity contribution in [2.75, 3.05) is 6.61 Å². The molecule has 4 heteroatoms. The maximum absolute atomic E-state index is 12.0. The van der Waals surface area contributed by atoms with Crippen molar-refractivity contribution in [1.29, 1.82) is 0 Å². The summed E-state index contributed by atoms with van der Waals surface area (Å²) in [5, 5.41) is 4.07. The monoisotopic (exact) mass is 376 g/mol. The number of nitrogens with one attached hydrogen (secondary N) is 1. The molecule has 28 heavy (non-hydrogen) atoms. The molecule has 0 bridgehead atoms. The van der Waals surface area contributed by atoms with Gasteiger partial charge in [-0.05, 0) is 48.6 Å². The third kappa shape index (κ3) is 7.23. The van der Waals surface area contributed by atoms with Gasteiger partial charge in [-0.2, -0.15) is 5.10 Å². The summed E-state index contributed by atoms with van der Waals surface area (Å²) in [6, 6.07) is 16.1. The van der Waals surface area contributed by atoms with Crippen LogP contribution in [0.1, 0.15) is 43.4 Å². The third-order valence-electron chi connectivity index (χ3n) is 4.04. The van der Waals surface area contributed by atoms with Gasteiger partial charge >= 0.3 is 0 Å². The first-order valence-corrected chi connectivity index (χ1v) is 9.42. The average molecular weight is 377 g/mol. The van der Waals surface area contributed by atoms with E-state index in [1.54, 1.807) is 0 Å². The number of rotatable bonds is 8. The van der Waals surface area contributed by atoms with Crippen molar-refractivity contribution in [2.45, 2.75) is 33.6 Å². The number of hydrogen-bond acceptors (Lipinski definition) is 3. The molecule has 0 aromatic heterocycles. The highest BCUT2D eigenvalue weighted by atomic mass is 16.5. The largest absolute Gasteiger partial charge is 0.483 e. The van der Waals surface area contributed by atoms with Crippen molar-refractivity contribution < 1.29 is 9.53 Å². The van der Waals surface area contributed by atoms with Crippen molar-refractivity contribution in [2.24, 2.45) is 5.10 Å². The molecule has 0 saturated heterocycles. The molecule has 0 aliphatic carbocycles. The van der Waals surface area contributed by atoms with E-state index >= 15 is 0 Å². The molecular formula is C24H28N2O2. The lowest BCUT2D eigenvalue weighted by Crippen LogP contribution is -2.25. The number of amides is 1. The number of aryl methyl sites for hydroxylation is 1. The Morgan fingerprint density at radius 1 is 1.14 bits per heavy atom. The number of carbonyl (C=O) groups excluding carboxylic acids is 1. The van der Waals surface area contributed by atoms with Gasteiger partial charge in [-0.3, -0.25) is 4.79 Å².